The molecular weight excluding hydrogens is 352 g/mol. The zero-order valence-corrected chi connectivity index (χ0v) is 14.5. The van der Waals surface area contributed by atoms with Crippen molar-refractivity contribution in [3.8, 4) is 11.5 Å². The standard InChI is InChI=1S/C18H16N4O5/c1-26-11-7-10(8-12(9-11)27-2)16(23)20-22-18(25)15-13-5-3-4-6-14(13)17(24)21-19-15/h3-9H,1-2H3,(H,20,23)(H,21,24)(H,22,25). The molecule has 0 aliphatic heterocycles. The molecule has 0 atom stereocenters. The Bertz CT molecular complexity index is 1050. The van der Waals surface area contributed by atoms with Gasteiger partial charge in [-0.25, -0.2) is 5.10 Å². The summed E-state index contributed by atoms with van der Waals surface area (Å²) in [6, 6.07) is 11.1. The summed E-state index contributed by atoms with van der Waals surface area (Å²) in [5, 5.41) is 6.72. The zero-order chi connectivity index (χ0) is 19.4. The molecule has 2 amide bonds. The molecule has 0 aliphatic carbocycles. The Hall–Kier alpha value is -3.88. The first-order valence-corrected chi connectivity index (χ1v) is 7.84. The number of aromatic amines is 1. The van der Waals surface area contributed by atoms with Crippen LogP contribution < -0.4 is 25.9 Å². The van der Waals surface area contributed by atoms with Crippen molar-refractivity contribution in [3.63, 3.8) is 0 Å². The fourth-order valence-electron chi connectivity index (χ4n) is 2.47. The molecule has 1 aromatic heterocycles. The lowest BCUT2D eigenvalue weighted by Crippen LogP contribution is -2.42. The Morgan fingerprint density at radius 1 is 0.926 bits per heavy atom. The van der Waals surface area contributed by atoms with Gasteiger partial charge in [0.05, 0.1) is 19.6 Å². The van der Waals surface area contributed by atoms with Crippen LogP contribution in [0.1, 0.15) is 20.8 Å². The van der Waals surface area contributed by atoms with Gasteiger partial charge >= 0.3 is 0 Å². The molecule has 0 radical (unpaired) electrons. The molecule has 0 aliphatic rings. The fraction of sp³-hybridized carbons (Fsp3) is 0.111. The number of amides is 2. The molecular formula is C18H16N4O5. The lowest BCUT2D eigenvalue weighted by Gasteiger charge is -2.10. The Morgan fingerprint density at radius 3 is 2.15 bits per heavy atom. The summed E-state index contributed by atoms with van der Waals surface area (Å²) in [4.78, 5) is 36.5. The van der Waals surface area contributed by atoms with Crippen molar-refractivity contribution in [3.05, 3.63) is 64.1 Å². The predicted molar refractivity (Wildman–Crippen MR) is 96.8 cm³/mol. The number of hydrogen-bond donors (Lipinski definition) is 3. The number of nitrogens with zero attached hydrogens (tertiary/aromatic N) is 1. The third-order valence-electron chi connectivity index (χ3n) is 3.81. The minimum Gasteiger partial charge on any atom is -0.497 e. The number of hydrazine groups is 1. The number of carbonyl (C=O) groups is 2. The van der Waals surface area contributed by atoms with Gasteiger partial charge in [-0.3, -0.25) is 25.2 Å². The average Bonchev–Trinajstić information content (AvgIpc) is 2.71. The van der Waals surface area contributed by atoms with Crippen LogP contribution in [0.3, 0.4) is 0 Å². The highest BCUT2D eigenvalue weighted by atomic mass is 16.5. The van der Waals surface area contributed by atoms with Crippen LogP contribution in [-0.4, -0.2) is 36.2 Å². The number of methoxy groups -OCH3 is 2. The van der Waals surface area contributed by atoms with Crippen molar-refractivity contribution in [1.29, 1.82) is 0 Å². The first kappa shape index (κ1) is 17.9. The normalized spacial score (nSPS) is 10.3. The molecule has 9 nitrogen and oxygen atoms in total. The van der Waals surface area contributed by atoms with Gasteiger partial charge in [-0.2, -0.15) is 5.10 Å². The first-order chi connectivity index (χ1) is 13.0. The largest absolute Gasteiger partial charge is 0.497 e. The number of fused-ring (bicyclic) bond motifs is 1. The zero-order valence-electron chi connectivity index (χ0n) is 14.5. The molecule has 0 fully saturated rings. The predicted octanol–water partition coefficient (Wildman–Crippen LogP) is 1.02. The number of aromatic nitrogens is 2. The van der Waals surface area contributed by atoms with Gasteiger partial charge in [0.2, 0.25) is 0 Å². The summed E-state index contributed by atoms with van der Waals surface area (Å²) in [7, 11) is 2.93. The fourth-order valence-corrected chi connectivity index (χ4v) is 2.47. The minimum atomic E-state index is -0.675. The van der Waals surface area contributed by atoms with Crippen molar-refractivity contribution in [2.75, 3.05) is 14.2 Å². The maximum Gasteiger partial charge on any atom is 0.290 e. The topological polar surface area (TPSA) is 122 Å². The Morgan fingerprint density at radius 2 is 1.52 bits per heavy atom. The molecule has 1 heterocycles. The molecule has 0 saturated carbocycles. The molecule has 0 bridgehead atoms. The number of carbonyl (C=O) groups excluding carboxylic acids is 2. The Balaban J connectivity index is 1.79. The molecule has 138 valence electrons. The number of rotatable bonds is 4. The monoisotopic (exact) mass is 368 g/mol. The van der Waals surface area contributed by atoms with Crippen LogP contribution in [-0.2, 0) is 0 Å². The SMILES string of the molecule is COc1cc(OC)cc(C(=O)NNC(=O)c2n[nH]c(=O)c3ccccc23)c1. The molecule has 9 heteroatoms. The Kier molecular flexibility index (Phi) is 5.02. The third kappa shape index (κ3) is 3.71. The van der Waals surface area contributed by atoms with E-state index in [0.717, 1.165) is 0 Å². The quantitative estimate of drug-likeness (QED) is 0.591. The van der Waals surface area contributed by atoms with Gasteiger partial charge in [-0.1, -0.05) is 18.2 Å². The molecule has 2 aromatic carbocycles. The van der Waals surface area contributed by atoms with E-state index in [1.807, 2.05) is 0 Å². The number of benzene rings is 2. The van der Waals surface area contributed by atoms with Crippen molar-refractivity contribution < 1.29 is 19.1 Å². The molecule has 3 N–H and O–H groups in total. The molecule has 27 heavy (non-hydrogen) atoms. The van der Waals surface area contributed by atoms with E-state index in [0.29, 0.717) is 22.3 Å². The van der Waals surface area contributed by atoms with Gasteiger partial charge in [-0.05, 0) is 18.2 Å². The van der Waals surface area contributed by atoms with Crippen molar-refractivity contribution >= 4 is 22.6 Å². The second-order valence-electron chi connectivity index (χ2n) is 5.46. The van der Waals surface area contributed by atoms with Gasteiger partial charge in [0.25, 0.3) is 17.4 Å². The van der Waals surface area contributed by atoms with Crippen LogP contribution in [0.4, 0.5) is 0 Å². The second kappa shape index (κ2) is 7.56. The molecule has 0 spiro atoms. The number of hydrogen-bond acceptors (Lipinski definition) is 6. The highest BCUT2D eigenvalue weighted by Gasteiger charge is 2.16. The smallest absolute Gasteiger partial charge is 0.290 e. The molecule has 0 saturated heterocycles. The molecule has 0 unspecified atom stereocenters. The van der Waals surface area contributed by atoms with Crippen LogP contribution in [0.5, 0.6) is 11.5 Å². The van der Waals surface area contributed by atoms with Gasteiger partial charge < -0.3 is 9.47 Å². The van der Waals surface area contributed by atoms with Crippen molar-refractivity contribution in [2.45, 2.75) is 0 Å². The van der Waals surface area contributed by atoms with Crippen LogP contribution in [0.25, 0.3) is 10.8 Å². The van der Waals surface area contributed by atoms with Crippen LogP contribution in [0, 0.1) is 0 Å². The maximum absolute atomic E-state index is 12.4. The second-order valence-corrected chi connectivity index (χ2v) is 5.46. The van der Waals surface area contributed by atoms with E-state index >= 15 is 0 Å². The van der Waals surface area contributed by atoms with E-state index < -0.39 is 17.4 Å². The number of ether oxygens (including phenoxy) is 2. The van der Waals surface area contributed by atoms with Crippen molar-refractivity contribution in [2.24, 2.45) is 0 Å². The third-order valence-corrected chi connectivity index (χ3v) is 3.81. The van der Waals surface area contributed by atoms with Gasteiger partial charge in [-0.15, -0.1) is 0 Å². The maximum atomic E-state index is 12.4. The van der Waals surface area contributed by atoms with Crippen LogP contribution in [0.2, 0.25) is 0 Å². The number of H-pyrrole nitrogens is 1. The summed E-state index contributed by atoms with van der Waals surface area (Å²) >= 11 is 0. The van der Waals surface area contributed by atoms with Gasteiger partial charge in [0.15, 0.2) is 5.69 Å². The first-order valence-electron chi connectivity index (χ1n) is 7.84. The van der Waals surface area contributed by atoms with Gasteiger partial charge in [0.1, 0.15) is 11.5 Å². The van der Waals surface area contributed by atoms with E-state index in [2.05, 4.69) is 21.0 Å². The van der Waals surface area contributed by atoms with E-state index in [1.54, 1.807) is 30.3 Å². The average molecular weight is 368 g/mol. The van der Waals surface area contributed by atoms with E-state index in [-0.39, 0.29) is 11.3 Å². The summed E-state index contributed by atoms with van der Waals surface area (Å²) in [5.41, 5.74) is 4.38. The van der Waals surface area contributed by atoms with Gasteiger partial charge in [0, 0.05) is 17.0 Å². The lowest BCUT2D eigenvalue weighted by molar-refractivity contribution is 0.0844. The lowest BCUT2D eigenvalue weighted by atomic mass is 10.1. The number of nitrogens with one attached hydrogen (secondary N) is 3. The summed E-state index contributed by atoms with van der Waals surface area (Å²) < 4.78 is 10.2. The summed E-state index contributed by atoms with van der Waals surface area (Å²) in [6.07, 6.45) is 0. The molecule has 3 rings (SSSR count). The highest BCUT2D eigenvalue weighted by Crippen LogP contribution is 2.22. The molecule has 3 aromatic rings. The van der Waals surface area contributed by atoms with E-state index in [4.69, 9.17) is 9.47 Å². The summed E-state index contributed by atoms with van der Waals surface area (Å²) in [5.74, 6) is -0.391. The van der Waals surface area contributed by atoms with E-state index in [1.165, 1.54) is 26.4 Å². The highest BCUT2D eigenvalue weighted by molar-refractivity contribution is 6.06. The van der Waals surface area contributed by atoms with Crippen molar-refractivity contribution in [1.82, 2.24) is 21.0 Å². The van der Waals surface area contributed by atoms with Crippen LogP contribution in [0.15, 0.2) is 47.3 Å². The minimum absolute atomic E-state index is 0.0197. The van der Waals surface area contributed by atoms with E-state index in [9.17, 15) is 14.4 Å². The summed E-state index contributed by atoms with van der Waals surface area (Å²) in [6.45, 7) is 0. The van der Waals surface area contributed by atoms with Crippen LogP contribution >= 0.6 is 0 Å². The Labute approximate surface area is 153 Å².